The lowest BCUT2D eigenvalue weighted by Gasteiger charge is -1.92. The van der Waals surface area contributed by atoms with Gasteiger partial charge in [-0.3, -0.25) is 4.98 Å². The van der Waals surface area contributed by atoms with Crippen molar-refractivity contribution < 1.29 is 4.42 Å². The smallest absolute Gasteiger partial charge is 0.227 e. The SMILES string of the molecule is NCc1cnc(-c2cccnc2)o1. The summed E-state index contributed by atoms with van der Waals surface area (Å²) in [6.45, 7) is 0.368. The lowest BCUT2D eigenvalue weighted by atomic mass is 10.3. The van der Waals surface area contributed by atoms with Gasteiger partial charge in [-0.2, -0.15) is 0 Å². The van der Waals surface area contributed by atoms with Gasteiger partial charge in [0, 0.05) is 12.4 Å². The molecule has 2 rings (SSSR count). The van der Waals surface area contributed by atoms with Crippen LogP contribution in [0.25, 0.3) is 11.5 Å². The first-order chi connectivity index (χ1) is 6.40. The van der Waals surface area contributed by atoms with Crippen molar-refractivity contribution >= 4 is 0 Å². The molecule has 66 valence electrons. The number of oxazole rings is 1. The van der Waals surface area contributed by atoms with Crippen LogP contribution in [0.5, 0.6) is 0 Å². The average Bonchev–Trinajstić information content (AvgIpc) is 2.67. The Labute approximate surface area is 75.4 Å². The van der Waals surface area contributed by atoms with Gasteiger partial charge in [0.05, 0.1) is 18.3 Å². The molecule has 0 spiro atoms. The van der Waals surface area contributed by atoms with Crippen LogP contribution in [0.2, 0.25) is 0 Å². The summed E-state index contributed by atoms with van der Waals surface area (Å²) in [7, 11) is 0. The zero-order valence-corrected chi connectivity index (χ0v) is 6.97. The Morgan fingerprint density at radius 1 is 1.38 bits per heavy atom. The summed E-state index contributed by atoms with van der Waals surface area (Å²) in [6.07, 6.45) is 5.03. The number of aromatic nitrogens is 2. The van der Waals surface area contributed by atoms with E-state index >= 15 is 0 Å². The molecule has 0 unspecified atom stereocenters. The molecule has 0 aliphatic carbocycles. The lowest BCUT2D eigenvalue weighted by Crippen LogP contribution is -1.92. The summed E-state index contributed by atoms with van der Waals surface area (Å²) < 4.78 is 5.34. The zero-order valence-electron chi connectivity index (χ0n) is 6.97. The Kier molecular flexibility index (Phi) is 2.06. The molecule has 0 saturated carbocycles. The molecular weight excluding hydrogens is 166 g/mol. The summed E-state index contributed by atoms with van der Waals surface area (Å²) in [4.78, 5) is 8.04. The number of nitrogens with two attached hydrogens (primary N) is 1. The van der Waals surface area contributed by atoms with Crippen LogP contribution in [-0.4, -0.2) is 9.97 Å². The largest absolute Gasteiger partial charge is 0.440 e. The van der Waals surface area contributed by atoms with E-state index in [4.69, 9.17) is 10.2 Å². The van der Waals surface area contributed by atoms with Crippen LogP contribution in [0.3, 0.4) is 0 Å². The van der Waals surface area contributed by atoms with Crippen LogP contribution in [0.1, 0.15) is 5.76 Å². The predicted octanol–water partition coefficient (Wildman–Crippen LogP) is 1.20. The van der Waals surface area contributed by atoms with Crippen molar-refractivity contribution in [2.45, 2.75) is 6.54 Å². The van der Waals surface area contributed by atoms with E-state index in [1.165, 1.54) is 0 Å². The predicted molar refractivity (Wildman–Crippen MR) is 47.6 cm³/mol. The molecule has 0 amide bonds. The fourth-order valence-corrected chi connectivity index (χ4v) is 1.02. The Morgan fingerprint density at radius 2 is 2.31 bits per heavy atom. The highest BCUT2D eigenvalue weighted by Gasteiger charge is 2.04. The Balaban J connectivity index is 2.36. The molecule has 2 N–H and O–H groups in total. The Hall–Kier alpha value is -1.68. The molecule has 13 heavy (non-hydrogen) atoms. The molecule has 0 bridgehead atoms. The van der Waals surface area contributed by atoms with E-state index in [1.807, 2.05) is 12.1 Å². The highest BCUT2D eigenvalue weighted by atomic mass is 16.4. The molecule has 0 atom stereocenters. The van der Waals surface area contributed by atoms with Gasteiger partial charge in [-0.1, -0.05) is 0 Å². The molecule has 2 aromatic rings. The van der Waals surface area contributed by atoms with Gasteiger partial charge in [-0.15, -0.1) is 0 Å². The second-order valence-corrected chi connectivity index (χ2v) is 2.58. The molecule has 0 aliphatic rings. The normalized spacial score (nSPS) is 10.2. The van der Waals surface area contributed by atoms with E-state index in [2.05, 4.69) is 9.97 Å². The molecular formula is C9H9N3O. The second-order valence-electron chi connectivity index (χ2n) is 2.58. The first-order valence-electron chi connectivity index (χ1n) is 3.95. The van der Waals surface area contributed by atoms with Crippen LogP contribution >= 0.6 is 0 Å². The van der Waals surface area contributed by atoms with Crippen LogP contribution in [0, 0.1) is 0 Å². The summed E-state index contributed by atoms with van der Waals surface area (Å²) in [5, 5.41) is 0. The van der Waals surface area contributed by atoms with Gasteiger partial charge in [0.15, 0.2) is 0 Å². The number of hydrogen-bond donors (Lipinski definition) is 1. The fourth-order valence-electron chi connectivity index (χ4n) is 1.02. The maximum Gasteiger partial charge on any atom is 0.227 e. The number of nitrogens with zero attached hydrogens (tertiary/aromatic N) is 2. The van der Waals surface area contributed by atoms with E-state index in [0.717, 1.165) is 5.56 Å². The Morgan fingerprint density at radius 3 is 2.92 bits per heavy atom. The van der Waals surface area contributed by atoms with Gasteiger partial charge < -0.3 is 10.2 Å². The van der Waals surface area contributed by atoms with Crippen LogP contribution in [0.4, 0.5) is 0 Å². The first-order valence-corrected chi connectivity index (χ1v) is 3.95. The topological polar surface area (TPSA) is 64.9 Å². The zero-order chi connectivity index (χ0) is 9.10. The van der Waals surface area contributed by atoms with Gasteiger partial charge in [0.1, 0.15) is 5.76 Å². The highest BCUT2D eigenvalue weighted by molar-refractivity contribution is 5.50. The number of rotatable bonds is 2. The molecule has 0 aliphatic heterocycles. The number of pyridine rings is 1. The van der Waals surface area contributed by atoms with Crippen molar-refractivity contribution in [1.82, 2.24) is 9.97 Å². The van der Waals surface area contributed by atoms with E-state index in [1.54, 1.807) is 18.6 Å². The third-order valence-electron chi connectivity index (χ3n) is 1.66. The van der Waals surface area contributed by atoms with E-state index in [0.29, 0.717) is 18.2 Å². The summed E-state index contributed by atoms with van der Waals surface area (Å²) >= 11 is 0. The molecule has 4 heteroatoms. The van der Waals surface area contributed by atoms with Crippen LogP contribution in [-0.2, 0) is 6.54 Å². The fraction of sp³-hybridized carbons (Fsp3) is 0.111. The molecule has 0 aromatic carbocycles. The highest BCUT2D eigenvalue weighted by Crippen LogP contribution is 2.16. The molecule has 4 nitrogen and oxygen atoms in total. The van der Waals surface area contributed by atoms with Crippen LogP contribution < -0.4 is 5.73 Å². The first kappa shape index (κ1) is 7.94. The average molecular weight is 175 g/mol. The van der Waals surface area contributed by atoms with Crippen LogP contribution in [0.15, 0.2) is 35.1 Å². The summed E-state index contributed by atoms with van der Waals surface area (Å²) in [5.41, 5.74) is 6.26. The van der Waals surface area contributed by atoms with Gasteiger partial charge in [0.25, 0.3) is 0 Å². The van der Waals surface area contributed by atoms with Crippen molar-refractivity contribution in [1.29, 1.82) is 0 Å². The molecule has 0 radical (unpaired) electrons. The van der Waals surface area contributed by atoms with Crippen molar-refractivity contribution in [3.8, 4) is 11.5 Å². The van der Waals surface area contributed by atoms with Crippen molar-refractivity contribution in [3.05, 3.63) is 36.5 Å². The molecule has 0 fully saturated rings. The van der Waals surface area contributed by atoms with E-state index in [9.17, 15) is 0 Å². The molecule has 2 heterocycles. The summed E-state index contributed by atoms with van der Waals surface area (Å²) in [5.74, 6) is 1.24. The third-order valence-corrected chi connectivity index (χ3v) is 1.66. The maximum absolute atomic E-state index is 5.39. The minimum Gasteiger partial charge on any atom is -0.440 e. The lowest BCUT2D eigenvalue weighted by molar-refractivity contribution is 0.520. The van der Waals surface area contributed by atoms with Gasteiger partial charge >= 0.3 is 0 Å². The molecule has 0 saturated heterocycles. The number of hydrogen-bond acceptors (Lipinski definition) is 4. The summed E-state index contributed by atoms with van der Waals surface area (Å²) in [6, 6.07) is 3.72. The van der Waals surface area contributed by atoms with Crippen molar-refractivity contribution in [2.75, 3.05) is 0 Å². The van der Waals surface area contributed by atoms with Gasteiger partial charge in [-0.25, -0.2) is 4.98 Å². The maximum atomic E-state index is 5.39. The van der Waals surface area contributed by atoms with E-state index in [-0.39, 0.29) is 0 Å². The minimum atomic E-state index is 0.368. The van der Waals surface area contributed by atoms with Crippen molar-refractivity contribution in [3.63, 3.8) is 0 Å². The van der Waals surface area contributed by atoms with Gasteiger partial charge in [-0.05, 0) is 12.1 Å². The second kappa shape index (κ2) is 3.37. The van der Waals surface area contributed by atoms with Gasteiger partial charge in [0.2, 0.25) is 5.89 Å². The third kappa shape index (κ3) is 1.57. The molecule has 2 aromatic heterocycles. The Bertz CT molecular complexity index is 383. The standard InChI is InChI=1S/C9H9N3O/c10-4-8-6-12-9(13-8)7-2-1-3-11-5-7/h1-3,5-6H,4,10H2. The monoisotopic (exact) mass is 175 g/mol. The quantitative estimate of drug-likeness (QED) is 0.744. The van der Waals surface area contributed by atoms with Crippen molar-refractivity contribution in [2.24, 2.45) is 5.73 Å². The van der Waals surface area contributed by atoms with E-state index < -0.39 is 0 Å². The minimum absolute atomic E-state index is 0.368.